The number of imidazole rings is 1. The number of likely N-dealkylation sites (tertiary alicyclic amines) is 1. The zero-order valence-electron chi connectivity index (χ0n) is 15.9. The fourth-order valence-electron chi connectivity index (χ4n) is 4.14. The quantitative estimate of drug-likeness (QED) is 0.712. The highest BCUT2D eigenvalue weighted by Crippen LogP contribution is 2.17. The lowest BCUT2D eigenvalue weighted by atomic mass is 10.2. The topological polar surface area (TPSA) is 68.6 Å². The number of benzene rings is 1. The Morgan fingerprint density at radius 1 is 1.37 bits per heavy atom. The Morgan fingerprint density at radius 3 is 2.96 bits per heavy atom. The van der Waals surface area contributed by atoms with Gasteiger partial charge in [-0.25, -0.2) is 4.98 Å². The van der Waals surface area contributed by atoms with Gasteiger partial charge in [0.25, 0.3) is 5.91 Å². The number of amides is 1. The number of hydrogen-bond donors (Lipinski definition) is 1. The summed E-state index contributed by atoms with van der Waals surface area (Å²) in [5.41, 5.74) is 2.02. The molecule has 1 saturated heterocycles. The van der Waals surface area contributed by atoms with Gasteiger partial charge >= 0.3 is 0 Å². The van der Waals surface area contributed by atoms with E-state index in [1.807, 2.05) is 36.2 Å². The molecule has 7 heteroatoms. The predicted molar refractivity (Wildman–Crippen MR) is 101 cm³/mol. The van der Waals surface area contributed by atoms with Crippen molar-refractivity contribution in [3.05, 3.63) is 48.1 Å². The van der Waals surface area contributed by atoms with Gasteiger partial charge in [-0.1, -0.05) is 17.3 Å². The molecule has 0 spiro atoms. The van der Waals surface area contributed by atoms with Crippen molar-refractivity contribution in [3.63, 3.8) is 0 Å². The van der Waals surface area contributed by atoms with Crippen LogP contribution >= 0.6 is 0 Å². The number of para-hydroxylation sites is 2. The first-order chi connectivity index (χ1) is 13.2. The molecule has 1 N–H and O–H groups in total. The minimum Gasteiger partial charge on any atom is -0.351 e. The summed E-state index contributed by atoms with van der Waals surface area (Å²) in [5.74, 6) is 1.03. The molecule has 4 rings (SSSR count). The fraction of sp³-hybridized carbons (Fsp3) is 0.450. The lowest BCUT2D eigenvalue weighted by Gasteiger charge is -2.27. The Bertz CT molecular complexity index is 918. The molecule has 1 fully saturated rings. The average molecular weight is 368 g/mol. The number of rotatable bonds is 6. The lowest BCUT2D eigenvalue weighted by Crippen LogP contribution is -3.14. The third kappa shape index (κ3) is 3.47. The Labute approximate surface area is 158 Å². The summed E-state index contributed by atoms with van der Waals surface area (Å²) < 4.78 is 7.21. The third-order valence-corrected chi connectivity index (χ3v) is 5.67. The van der Waals surface area contributed by atoms with Gasteiger partial charge in [-0.05, 0) is 19.1 Å². The molecule has 0 aliphatic carbocycles. The minimum atomic E-state index is -0.123. The van der Waals surface area contributed by atoms with Crippen LogP contribution < -0.4 is 4.90 Å². The number of carbonyl (C=O) groups is 1. The Kier molecular flexibility index (Phi) is 4.94. The molecule has 2 aromatic heterocycles. The number of carbonyl (C=O) groups excluding carboxylic acids is 1. The normalized spacial score (nSPS) is 19.6. The van der Waals surface area contributed by atoms with Crippen molar-refractivity contribution >= 4 is 16.9 Å². The van der Waals surface area contributed by atoms with E-state index in [1.165, 1.54) is 19.2 Å². The van der Waals surface area contributed by atoms with Gasteiger partial charge in [-0.3, -0.25) is 4.79 Å². The van der Waals surface area contributed by atoms with E-state index in [9.17, 15) is 4.79 Å². The summed E-state index contributed by atoms with van der Waals surface area (Å²) in [6.07, 6.45) is 3.87. The van der Waals surface area contributed by atoms with Crippen LogP contribution in [0.1, 0.15) is 36.1 Å². The second kappa shape index (κ2) is 7.52. The zero-order chi connectivity index (χ0) is 18.8. The molecular formula is C20H26N5O2+. The molecule has 0 bridgehead atoms. The van der Waals surface area contributed by atoms with Crippen LogP contribution in [0.2, 0.25) is 0 Å². The highest BCUT2D eigenvalue weighted by Gasteiger charge is 2.32. The van der Waals surface area contributed by atoms with E-state index in [4.69, 9.17) is 9.51 Å². The lowest BCUT2D eigenvalue weighted by molar-refractivity contribution is -0.909. The Balaban J connectivity index is 1.62. The molecule has 0 saturated carbocycles. The summed E-state index contributed by atoms with van der Waals surface area (Å²) >= 11 is 0. The number of aryl methyl sites for hydroxylation is 1. The molecule has 2 atom stereocenters. The van der Waals surface area contributed by atoms with Crippen LogP contribution in [0.5, 0.6) is 0 Å². The van der Waals surface area contributed by atoms with Crippen molar-refractivity contribution in [2.24, 2.45) is 7.05 Å². The predicted octanol–water partition coefficient (Wildman–Crippen LogP) is 1.27. The molecule has 7 nitrogen and oxygen atoms in total. The maximum atomic E-state index is 13.1. The van der Waals surface area contributed by atoms with E-state index in [0.717, 1.165) is 29.8 Å². The van der Waals surface area contributed by atoms with Crippen LogP contribution in [0, 0.1) is 0 Å². The fourth-order valence-corrected chi connectivity index (χ4v) is 4.14. The summed E-state index contributed by atoms with van der Waals surface area (Å²) in [5, 5.41) is 3.70. The summed E-state index contributed by atoms with van der Waals surface area (Å²) in [6.45, 7) is 5.63. The minimum absolute atomic E-state index is 0.123. The molecular weight excluding hydrogens is 342 g/mol. The van der Waals surface area contributed by atoms with Gasteiger partial charge in [0.2, 0.25) is 5.76 Å². The molecule has 1 aliphatic heterocycles. The second-order valence-electron chi connectivity index (χ2n) is 7.24. The molecule has 27 heavy (non-hydrogen) atoms. The van der Waals surface area contributed by atoms with Crippen molar-refractivity contribution in [2.45, 2.75) is 32.4 Å². The van der Waals surface area contributed by atoms with Gasteiger partial charge in [-0.15, -0.1) is 0 Å². The standard InChI is InChI=1S/C20H25N5O2/c1-3-24-12-6-7-15(24)13-25(20(26)18-10-11-21-27-18)14-19-22-16-8-4-5-9-17(16)23(19)2/h4-5,8-11,15H,3,6-7,12-14H2,1-2H3/p+1/t15-/m1/s1. The van der Waals surface area contributed by atoms with Crippen LogP contribution in [-0.4, -0.2) is 51.2 Å². The highest BCUT2D eigenvalue weighted by molar-refractivity contribution is 5.91. The molecule has 3 aromatic rings. The Morgan fingerprint density at radius 2 is 2.22 bits per heavy atom. The van der Waals surface area contributed by atoms with Gasteiger partial charge in [0.1, 0.15) is 11.9 Å². The SMILES string of the molecule is CC[NH+]1CCC[C@@H]1CN(Cc1nc2ccccc2n1C)C(=O)c1ccno1. The third-order valence-electron chi connectivity index (χ3n) is 5.67. The number of likely N-dealkylation sites (N-methyl/N-ethyl adjacent to an activating group) is 1. The van der Waals surface area contributed by atoms with Crippen LogP contribution in [-0.2, 0) is 13.6 Å². The first-order valence-electron chi connectivity index (χ1n) is 9.62. The highest BCUT2D eigenvalue weighted by atomic mass is 16.5. The summed E-state index contributed by atoms with van der Waals surface area (Å²) in [7, 11) is 2.00. The molecule has 142 valence electrons. The largest absolute Gasteiger partial charge is 0.351 e. The first-order valence-corrected chi connectivity index (χ1v) is 9.62. The molecule has 1 aromatic carbocycles. The van der Waals surface area contributed by atoms with E-state index in [2.05, 4.69) is 16.6 Å². The van der Waals surface area contributed by atoms with Crippen molar-refractivity contribution in [1.82, 2.24) is 19.6 Å². The molecule has 1 amide bonds. The van der Waals surface area contributed by atoms with E-state index in [1.54, 1.807) is 11.0 Å². The second-order valence-corrected chi connectivity index (χ2v) is 7.24. The van der Waals surface area contributed by atoms with E-state index in [0.29, 0.717) is 19.1 Å². The molecule has 1 aliphatic rings. The van der Waals surface area contributed by atoms with Crippen LogP contribution in [0.25, 0.3) is 11.0 Å². The average Bonchev–Trinajstić information content (AvgIpc) is 3.42. The number of aromatic nitrogens is 3. The number of nitrogens with zero attached hydrogens (tertiary/aromatic N) is 4. The van der Waals surface area contributed by atoms with Crippen LogP contribution in [0.3, 0.4) is 0 Å². The van der Waals surface area contributed by atoms with E-state index < -0.39 is 0 Å². The van der Waals surface area contributed by atoms with Crippen LogP contribution in [0.15, 0.2) is 41.1 Å². The van der Waals surface area contributed by atoms with Crippen molar-refractivity contribution < 1.29 is 14.2 Å². The number of hydrogen-bond acceptors (Lipinski definition) is 4. The molecule has 1 unspecified atom stereocenters. The first kappa shape index (κ1) is 17.7. The zero-order valence-corrected chi connectivity index (χ0v) is 15.9. The van der Waals surface area contributed by atoms with Gasteiger partial charge in [0.15, 0.2) is 0 Å². The molecule has 3 heterocycles. The van der Waals surface area contributed by atoms with Crippen molar-refractivity contribution in [3.8, 4) is 0 Å². The monoisotopic (exact) mass is 368 g/mol. The smallest absolute Gasteiger partial charge is 0.293 e. The summed E-state index contributed by atoms with van der Waals surface area (Å²) in [6, 6.07) is 10.1. The van der Waals surface area contributed by atoms with E-state index in [-0.39, 0.29) is 11.7 Å². The van der Waals surface area contributed by atoms with Crippen molar-refractivity contribution in [2.75, 3.05) is 19.6 Å². The van der Waals surface area contributed by atoms with Crippen LogP contribution in [0.4, 0.5) is 0 Å². The van der Waals surface area contributed by atoms with E-state index >= 15 is 0 Å². The Hall–Kier alpha value is -2.67. The number of fused-ring (bicyclic) bond motifs is 1. The maximum absolute atomic E-state index is 13.1. The van der Waals surface area contributed by atoms with Crippen molar-refractivity contribution in [1.29, 1.82) is 0 Å². The van der Waals surface area contributed by atoms with Gasteiger partial charge in [-0.2, -0.15) is 0 Å². The number of quaternary nitrogens is 1. The molecule has 0 radical (unpaired) electrons. The van der Waals surface area contributed by atoms with Gasteiger partial charge in [0.05, 0.1) is 43.4 Å². The van der Waals surface area contributed by atoms with Gasteiger partial charge in [0, 0.05) is 26.0 Å². The number of nitrogens with one attached hydrogen (secondary N) is 1. The summed E-state index contributed by atoms with van der Waals surface area (Å²) in [4.78, 5) is 21.2. The maximum Gasteiger partial charge on any atom is 0.293 e. The van der Waals surface area contributed by atoms with Gasteiger partial charge < -0.3 is 18.9 Å².